The van der Waals surface area contributed by atoms with E-state index in [1.54, 1.807) is 20.3 Å². The van der Waals surface area contributed by atoms with E-state index in [0.717, 1.165) is 31.4 Å². The summed E-state index contributed by atoms with van der Waals surface area (Å²) in [4.78, 5) is 30.7. The SMILES string of the molecule is CCCCNC(=O)N1CCC(CN(C)c2nc(N)c3cc(OC)c(OC)cc3n2)(c2ccccn2)CC1. The highest BCUT2D eigenvalue weighted by atomic mass is 16.5. The first kappa shape index (κ1) is 26.2. The zero-order valence-electron chi connectivity index (χ0n) is 22.2. The highest BCUT2D eigenvalue weighted by molar-refractivity contribution is 5.91. The molecule has 10 heteroatoms. The van der Waals surface area contributed by atoms with Crippen LogP contribution in [-0.2, 0) is 5.41 Å². The number of nitrogens with one attached hydrogen (secondary N) is 1. The average Bonchev–Trinajstić information content (AvgIpc) is 2.93. The first-order chi connectivity index (χ1) is 17.9. The van der Waals surface area contributed by atoms with Gasteiger partial charge in [0.1, 0.15) is 5.82 Å². The predicted molar refractivity (Wildman–Crippen MR) is 145 cm³/mol. The van der Waals surface area contributed by atoms with E-state index >= 15 is 0 Å². The fourth-order valence-electron chi connectivity index (χ4n) is 4.96. The molecule has 4 rings (SSSR count). The third-order valence-electron chi connectivity index (χ3n) is 7.12. The van der Waals surface area contributed by atoms with Crippen LogP contribution in [0.5, 0.6) is 11.5 Å². The maximum absolute atomic E-state index is 12.7. The molecule has 2 amide bonds. The number of rotatable bonds is 9. The lowest BCUT2D eigenvalue weighted by atomic mass is 9.75. The van der Waals surface area contributed by atoms with E-state index in [0.29, 0.717) is 60.3 Å². The smallest absolute Gasteiger partial charge is 0.317 e. The van der Waals surface area contributed by atoms with Crippen molar-refractivity contribution >= 4 is 28.7 Å². The van der Waals surface area contributed by atoms with Gasteiger partial charge in [-0.2, -0.15) is 4.98 Å². The van der Waals surface area contributed by atoms with Gasteiger partial charge in [0.15, 0.2) is 11.5 Å². The Morgan fingerprint density at radius 1 is 1.16 bits per heavy atom. The predicted octanol–water partition coefficient (Wildman–Crippen LogP) is 3.60. The van der Waals surface area contributed by atoms with Gasteiger partial charge < -0.3 is 30.3 Å². The van der Waals surface area contributed by atoms with E-state index in [9.17, 15) is 4.79 Å². The molecule has 0 bridgehead atoms. The van der Waals surface area contributed by atoms with Crippen LogP contribution in [0, 0.1) is 0 Å². The second-order valence-electron chi connectivity index (χ2n) is 9.56. The van der Waals surface area contributed by atoms with Crippen molar-refractivity contribution in [3.8, 4) is 11.5 Å². The molecule has 0 radical (unpaired) electrons. The van der Waals surface area contributed by atoms with Crippen molar-refractivity contribution in [2.75, 3.05) is 58.1 Å². The summed E-state index contributed by atoms with van der Waals surface area (Å²) in [5.74, 6) is 2.05. The summed E-state index contributed by atoms with van der Waals surface area (Å²) in [5.41, 5.74) is 7.77. The molecule has 2 aromatic heterocycles. The van der Waals surface area contributed by atoms with Crippen LogP contribution in [0.15, 0.2) is 36.5 Å². The number of benzene rings is 1. The van der Waals surface area contributed by atoms with Crippen molar-refractivity contribution < 1.29 is 14.3 Å². The van der Waals surface area contributed by atoms with Gasteiger partial charge in [0.2, 0.25) is 5.95 Å². The zero-order valence-corrected chi connectivity index (χ0v) is 22.2. The number of methoxy groups -OCH3 is 2. The highest BCUT2D eigenvalue weighted by Gasteiger charge is 2.40. The molecule has 1 aliphatic rings. The maximum atomic E-state index is 12.7. The van der Waals surface area contributed by atoms with Gasteiger partial charge in [-0.3, -0.25) is 4.98 Å². The van der Waals surface area contributed by atoms with Crippen LogP contribution in [0.25, 0.3) is 10.9 Å². The minimum atomic E-state index is -0.263. The van der Waals surface area contributed by atoms with E-state index in [4.69, 9.17) is 25.2 Å². The summed E-state index contributed by atoms with van der Waals surface area (Å²) in [5, 5.41) is 3.74. The number of likely N-dealkylation sites (N-methyl/N-ethyl adjacent to an activating group) is 1. The second-order valence-corrected chi connectivity index (χ2v) is 9.56. The number of piperidine rings is 1. The largest absolute Gasteiger partial charge is 0.493 e. The third kappa shape index (κ3) is 5.63. The molecule has 1 aliphatic heterocycles. The monoisotopic (exact) mass is 507 g/mol. The van der Waals surface area contributed by atoms with E-state index in [1.165, 1.54) is 0 Å². The minimum absolute atomic E-state index is 0.00596. The number of amides is 2. The van der Waals surface area contributed by atoms with Crippen LogP contribution in [0.4, 0.5) is 16.6 Å². The van der Waals surface area contributed by atoms with Crippen LogP contribution >= 0.6 is 0 Å². The van der Waals surface area contributed by atoms with Gasteiger partial charge in [0, 0.05) is 62.0 Å². The molecule has 0 unspecified atom stereocenters. The number of nitrogens with zero attached hydrogens (tertiary/aromatic N) is 5. The Morgan fingerprint density at radius 2 is 1.89 bits per heavy atom. The highest BCUT2D eigenvalue weighted by Crippen LogP contribution is 2.37. The Bertz CT molecular complexity index is 1210. The Morgan fingerprint density at radius 3 is 2.54 bits per heavy atom. The maximum Gasteiger partial charge on any atom is 0.317 e. The summed E-state index contributed by atoms with van der Waals surface area (Å²) in [6.45, 7) is 4.76. The number of fused-ring (bicyclic) bond motifs is 1. The molecular formula is C27H37N7O3. The number of carbonyl (C=O) groups is 1. The lowest BCUT2D eigenvalue weighted by Gasteiger charge is -2.43. The first-order valence-corrected chi connectivity index (χ1v) is 12.8. The van der Waals surface area contributed by atoms with Crippen molar-refractivity contribution in [1.29, 1.82) is 0 Å². The topological polar surface area (TPSA) is 119 Å². The molecule has 0 saturated carbocycles. The van der Waals surface area contributed by atoms with Crippen molar-refractivity contribution in [3.63, 3.8) is 0 Å². The Kier molecular flexibility index (Phi) is 8.15. The summed E-state index contributed by atoms with van der Waals surface area (Å²) in [7, 11) is 5.14. The number of ether oxygens (including phenoxy) is 2. The number of aromatic nitrogens is 3. The number of anilines is 2. The van der Waals surface area contributed by atoms with Crippen molar-refractivity contribution in [1.82, 2.24) is 25.2 Å². The van der Waals surface area contributed by atoms with Gasteiger partial charge >= 0.3 is 6.03 Å². The summed E-state index contributed by atoms with van der Waals surface area (Å²) in [6.07, 6.45) is 5.42. The number of carbonyl (C=O) groups excluding carboxylic acids is 1. The fraction of sp³-hybridized carbons (Fsp3) is 0.481. The number of unbranched alkanes of at least 4 members (excludes halogenated alkanes) is 1. The second kappa shape index (κ2) is 11.5. The van der Waals surface area contributed by atoms with Crippen molar-refractivity contribution in [2.45, 2.75) is 38.0 Å². The molecular weight excluding hydrogens is 470 g/mol. The number of nitrogens with two attached hydrogens (primary N) is 1. The van der Waals surface area contributed by atoms with Gasteiger partial charge in [0.25, 0.3) is 0 Å². The molecule has 1 saturated heterocycles. The van der Waals surface area contributed by atoms with Gasteiger partial charge in [-0.1, -0.05) is 19.4 Å². The summed E-state index contributed by atoms with van der Waals surface area (Å²) >= 11 is 0. The first-order valence-electron chi connectivity index (χ1n) is 12.8. The van der Waals surface area contributed by atoms with Crippen LogP contribution in [0.1, 0.15) is 38.3 Å². The van der Waals surface area contributed by atoms with E-state index in [1.807, 2.05) is 41.2 Å². The number of pyridine rings is 1. The lowest BCUT2D eigenvalue weighted by molar-refractivity contribution is 0.157. The molecule has 3 N–H and O–H groups in total. The third-order valence-corrected chi connectivity index (χ3v) is 7.12. The molecule has 10 nitrogen and oxygen atoms in total. The molecule has 0 aliphatic carbocycles. The van der Waals surface area contributed by atoms with Crippen LogP contribution < -0.4 is 25.4 Å². The molecule has 1 fully saturated rings. The number of urea groups is 1. The fourth-order valence-corrected chi connectivity index (χ4v) is 4.96. The van der Waals surface area contributed by atoms with Crippen LogP contribution in [0.2, 0.25) is 0 Å². The number of likely N-dealkylation sites (tertiary alicyclic amines) is 1. The summed E-state index contributed by atoms with van der Waals surface area (Å²) in [6, 6.07) is 9.62. The van der Waals surface area contributed by atoms with Gasteiger partial charge in [-0.25, -0.2) is 9.78 Å². The van der Waals surface area contributed by atoms with Crippen LogP contribution in [-0.4, -0.2) is 73.3 Å². The molecule has 3 heterocycles. The Balaban J connectivity index is 1.59. The van der Waals surface area contributed by atoms with Crippen molar-refractivity contribution in [2.24, 2.45) is 0 Å². The van der Waals surface area contributed by atoms with E-state index in [-0.39, 0.29) is 11.4 Å². The summed E-state index contributed by atoms with van der Waals surface area (Å²) < 4.78 is 10.9. The molecule has 198 valence electrons. The molecule has 37 heavy (non-hydrogen) atoms. The number of hydrogen-bond acceptors (Lipinski definition) is 8. The number of hydrogen-bond donors (Lipinski definition) is 2. The van der Waals surface area contributed by atoms with Crippen LogP contribution in [0.3, 0.4) is 0 Å². The molecule has 1 aromatic carbocycles. The van der Waals surface area contributed by atoms with Gasteiger partial charge in [0.05, 0.1) is 19.7 Å². The zero-order chi connectivity index (χ0) is 26.4. The van der Waals surface area contributed by atoms with E-state index in [2.05, 4.69) is 23.3 Å². The average molecular weight is 508 g/mol. The van der Waals surface area contributed by atoms with Gasteiger partial charge in [-0.05, 0) is 37.5 Å². The quantitative estimate of drug-likeness (QED) is 0.422. The minimum Gasteiger partial charge on any atom is -0.493 e. The van der Waals surface area contributed by atoms with Gasteiger partial charge in [-0.15, -0.1) is 0 Å². The Labute approximate surface area is 218 Å². The molecule has 0 spiro atoms. The van der Waals surface area contributed by atoms with Crippen molar-refractivity contribution in [3.05, 3.63) is 42.2 Å². The standard InChI is InChI=1S/C27H37N7O3/c1-5-6-12-30-26(35)34-14-10-27(11-15-34,23-9-7-8-13-29-23)18-33(2)25-31-20-17-22(37-4)21(36-3)16-19(20)24(28)32-25/h7-9,13,16-17H,5-6,10-12,14-15,18H2,1-4H3,(H,30,35)(H2,28,31,32). The molecule has 0 atom stereocenters. The Hall–Kier alpha value is -3.82. The lowest BCUT2D eigenvalue weighted by Crippen LogP contribution is -2.52. The molecule has 3 aromatic rings. The number of nitrogen functional groups attached to an aromatic ring is 1. The van der Waals surface area contributed by atoms with E-state index < -0.39 is 0 Å². The normalized spacial score (nSPS) is 14.9.